The number of rotatable bonds is 5. The molecule has 0 fully saturated rings. The number of fused-ring (bicyclic) bond motifs is 1. The summed E-state index contributed by atoms with van der Waals surface area (Å²) in [5.41, 5.74) is 6.48. The summed E-state index contributed by atoms with van der Waals surface area (Å²) < 4.78 is 5.09. The standard InChI is InChI=1S/C15H16N6O3/c1-3-12-18-11(20-24-12)7-21(2)13-9-6-8(14(22)23)4-5-10(9)17-15(16)19-13/h4-6H,3,7H2,1-2H3,(H,22,23)(H2,16,17,19). The van der Waals surface area contributed by atoms with E-state index >= 15 is 0 Å². The minimum atomic E-state index is -1.02. The third-order valence-corrected chi connectivity index (χ3v) is 3.49. The number of nitrogen functional groups attached to an aromatic ring is 1. The number of anilines is 2. The third-order valence-electron chi connectivity index (χ3n) is 3.49. The molecule has 1 aromatic carbocycles. The third kappa shape index (κ3) is 2.96. The summed E-state index contributed by atoms with van der Waals surface area (Å²) in [4.78, 5) is 25.6. The van der Waals surface area contributed by atoms with Gasteiger partial charge in [0, 0.05) is 18.9 Å². The topological polar surface area (TPSA) is 131 Å². The van der Waals surface area contributed by atoms with Crippen LogP contribution in [0.25, 0.3) is 10.9 Å². The number of benzene rings is 1. The van der Waals surface area contributed by atoms with Crippen LogP contribution < -0.4 is 10.6 Å². The Hall–Kier alpha value is -3.23. The molecule has 24 heavy (non-hydrogen) atoms. The highest BCUT2D eigenvalue weighted by atomic mass is 16.5. The van der Waals surface area contributed by atoms with Crippen molar-refractivity contribution in [3.63, 3.8) is 0 Å². The van der Waals surface area contributed by atoms with Crippen molar-refractivity contribution >= 4 is 28.6 Å². The molecule has 9 nitrogen and oxygen atoms in total. The van der Waals surface area contributed by atoms with E-state index in [1.54, 1.807) is 18.0 Å². The highest BCUT2D eigenvalue weighted by Crippen LogP contribution is 2.26. The van der Waals surface area contributed by atoms with Crippen LogP contribution >= 0.6 is 0 Å². The Balaban J connectivity index is 2.02. The fourth-order valence-electron chi connectivity index (χ4n) is 2.34. The van der Waals surface area contributed by atoms with Gasteiger partial charge in [0.2, 0.25) is 11.8 Å². The van der Waals surface area contributed by atoms with Gasteiger partial charge in [0.1, 0.15) is 5.82 Å². The number of aryl methyl sites for hydroxylation is 1. The molecular weight excluding hydrogens is 312 g/mol. The van der Waals surface area contributed by atoms with Crippen LogP contribution in [0.15, 0.2) is 22.7 Å². The first-order chi connectivity index (χ1) is 11.5. The van der Waals surface area contributed by atoms with E-state index < -0.39 is 5.97 Å². The first-order valence-corrected chi connectivity index (χ1v) is 7.31. The van der Waals surface area contributed by atoms with E-state index in [0.717, 1.165) is 0 Å². The number of hydrogen-bond acceptors (Lipinski definition) is 8. The van der Waals surface area contributed by atoms with Crippen LogP contribution in [0.4, 0.5) is 11.8 Å². The lowest BCUT2D eigenvalue weighted by Gasteiger charge is -2.18. The largest absolute Gasteiger partial charge is 0.478 e. The van der Waals surface area contributed by atoms with E-state index in [2.05, 4.69) is 20.1 Å². The molecule has 3 rings (SSSR count). The number of nitrogens with zero attached hydrogens (tertiary/aromatic N) is 5. The van der Waals surface area contributed by atoms with Crippen LogP contribution in [0.1, 0.15) is 29.0 Å². The zero-order valence-electron chi connectivity index (χ0n) is 13.2. The van der Waals surface area contributed by atoms with Crippen LogP contribution in [0.3, 0.4) is 0 Å². The van der Waals surface area contributed by atoms with Crippen molar-refractivity contribution in [3.05, 3.63) is 35.5 Å². The molecule has 0 spiro atoms. The fraction of sp³-hybridized carbons (Fsp3) is 0.267. The molecule has 2 aromatic heterocycles. The molecule has 9 heteroatoms. The molecule has 0 radical (unpaired) electrons. The number of carboxylic acid groups (broad SMARTS) is 1. The zero-order valence-corrected chi connectivity index (χ0v) is 13.2. The van der Waals surface area contributed by atoms with Crippen molar-refractivity contribution < 1.29 is 14.4 Å². The number of hydrogen-bond donors (Lipinski definition) is 2. The smallest absolute Gasteiger partial charge is 0.335 e. The van der Waals surface area contributed by atoms with Crippen molar-refractivity contribution in [3.8, 4) is 0 Å². The Morgan fingerprint density at radius 3 is 2.79 bits per heavy atom. The van der Waals surface area contributed by atoms with Crippen molar-refractivity contribution in [2.24, 2.45) is 0 Å². The van der Waals surface area contributed by atoms with Crippen LogP contribution in [0, 0.1) is 0 Å². The van der Waals surface area contributed by atoms with Crippen LogP contribution in [-0.4, -0.2) is 38.2 Å². The average molecular weight is 328 g/mol. The summed E-state index contributed by atoms with van der Waals surface area (Å²) in [6, 6.07) is 4.61. The lowest BCUT2D eigenvalue weighted by molar-refractivity contribution is 0.0697. The Morgan fingerprint density at radius 2 is 2.12 bits per heavy atom. The van der Waals surface area contributed by atoms with Gasteiger partial charge in [0.25, 0.3) is 0 Å². The maximum atomic E-state index is 11.2. The second-order valence-corrected chi connectivity index (χ2v) is 5.26. The summed E-state index contributed by atoms with van der Waals surface area (Å²) in [5.74, 6) is 0.652. The first-order valence-electron chi connectivity index (χ1n) is 7.31. The highest BCUT2D eigenvalue weighted by molar-refractivity contribution is 5.97. The molecule has 0 saturated carbocycles. The van der Waals surface area contributed by atoms with E-state index in [1.165, 1.54) is 12.1 Å². The summed E-state index contributed by atoms with van der Waals surface area (Å²) in [6.45, 7) is 2.26. The number of nitrogens with two attached hydrogens (primary N) is 1. The van der Waals surface area contributed by atoms with Gasteiger partial charge in [0.15, 0.2) is 5.82 Å². The molecule has 0 bridgehead atoms. The molecule has 0 unspecified atom stereocenters. The molecule has 0 aliphatic rings. The number of aromatic nitrogens is 4. The Kier molecular flexibility index (Phi) is 3.98. The van der Waals surface area contributed by atoms with E-state index in [1.807, 2.05) is 6.92 Å². The van der Waals surface area contributed by atoms with Crippen LogP contribution in [0.2, 0.25) is 0 Å². The molecule has 0 atom stereocenters. The molecule has 0 aliphatic heterocycles. The molecular formula is C15H16N6O3. The number of aromatic carboxylic acids is 1. The molecule has 0 aliphatic carbocycles. The van der Waals surface area contributed by atoms with Gasteiger partial charge >= 0.3 is 5.97 Å². The van der Waals surface area contributed by atoms with Gasteiger partial charge in [-0.05, 0) is 18.2 Å². The lowest BCUT2D eigenvalue weighted by Crippen LogP contribution is -2.20. The van der Waals surface area contributed by atoms with Gasteiger partial charge in [-0.3, -0.25) is 0 Å². The Morgan fingerprint density at radius 1 is 1.33 bits per heavy atom. The Labute approximate surface area is 137 Å². The fourth-order valence-corrected chi connectivity index (χ4v) is 2.34. The van der Waals surface area contributed by atoms with Gasteiger partial charge in [-0.1, -0.05) is 12.1 Å². The second kappa shape index (κ2) is 6.11. The number of carboxylic acids is 1. The van der Waals surface area contributed by atoms with E-state index in [-0.39, 0.29) is 11.5 Å². The molecule has 3 N–H and O–H groups in total. The summed E-state index contributed by atoms with van der Waals surface area (Å²) >= 11 is 0. The minimum Gasteiger partial charge on any atom is -0.478 e. The van der Waals surface area contributed by atoms with E-state index in [4.69, 9.17) is 10.3 Å². The molecule has 124 valence electrons. The van der Waals surface area contributed by atoms with Gasteiger partial charge < -0.3 is 20.3 Å². The highest BCUT2D eigenvalue weighted by Gasteiger charge is 2.15. The Bertz CT molecular complexity index is 907. The van der Waals surface area contributed by atoms with Crippen molar-refractivity contribution in [1.29, 1.82) is 0 Å². The molecule has 0 amide bonds. The molecule has 0 saturated heterocycles. The van der Waals surface area contributed by atoms with E-state index in [9.17, 15) is 9.90 Å². The van der Waals surface area contributed by atoms with Crippen molar-refractivity contribution in [2.75, 3.05) is 17.7 Å². The maximum Gasteiger partial charge on any atom is 0.335 e. The second-order valence-electron chi connectivity index (χ2n) is 5.26. The first kappa shape index (κ1) is 15.7. The van der Waals surface area contributed by atoms with Crippen LogP contribution in [0.5, 0.6) is 0 Å². The van der Waals surface area contributed by atoms with Gasteiger partial charge in [-0.2, -0.15) is 9.97 Å². The van der Waals surface area contributed by atoms with Crippen LogP contribution in [-0.2, 0) is 13.0 Å². The maximum absolute atomic E-state index is 11.2. The van der Waals surface area contributed by atoms with Gasteiger partial charge in [-0.15, -0.1) is 0 Å². The average Bonchev–Trinajstić information content (AvgIpc) is 3.01. The lowest BCUT2D eigenvalue weighted by atomic mass is 10.1. The number of carbonyl (C=O) groups is 1. The van der Waals surface area contributed by atoms with Crippen molar-refractivity contribution in [2.45, 2.75) is 19.9 Å². The van der Waals surface area contributed by atoms with Gasteiger partial charge in [0.05, 0.1) is 17.6 Å². The normalized spacial score (nSPS) is 10.9. The summed E-state index contributed by atoms with van der Waals surface area (Å²) in [6.07, 6.45) is 0.655. The summed E-state index contributed by atoms with van der Waals surface area (Å²) in [7, 11) is 1.79. The van der Waals surface area contributed by atoms with Gasteiger partial charge in [-0.25, -0.2) is 9.78 Å². The monoisotopic (exact) mass is 328 g/mol. The minimum absolute atomic E-state index is 0.106. The zero-order chi connectivity index (χ0) is 17.3. The quantitative estimate of drug-likeness (QED) is 0.714. The predicted molar refractivity (Wildman–Crippen MR) is 86.7 cm³/mol. The van der Waals surface area contributed by atoms with E-state index in [0.29, 0.717) is 41.4 Å². The summed E-state index contributed by atoms with van der Waals surface area (Å²) in [5, 5.41) is 13.7. The predicted octanol–water partition coefficient (Wildman–Crippen LogP) is 1.49. The SMILES string of the molecule is CCc1nc(CN(C)c2nc(N)nc3ccc(C(=O)O)cc23)no1. The van der Waals surface area contributed by atoms with Crippen molar-refractivity contribution in [1.82, 2.24) is 20.1 Å². The molecule has 2 heterocycles. The molecule has 3 aromatic rings.